The van der Waals surface area contributed by atoms with Gasteiger partial charge in [-0.3, -0.25) is 0 Å². The lowest BCUT2D eigenvalue weighted by atomic mass is 10.0. The Morgan fingerprint density at radius 1 is 1.46 bits per heavy atom. The fourth-order valence-electron chi connectivity index (χ4n) is 0.840. The fraction of sp³-hybridized carbons (Fsp3) is 0.571. The molecule has 0 bridgehead atoms. The van der Waals surface area contributed by atoms with E-state index in [9.17, 15) is 13.2 Å². The van der Waals surface area contributed by atoms with Gasteiger partial charge in [0.25, 0.3) is 0 Å². The first-order chi connectivity index (χ1) is 5.92. The first-order valence-corrected chi connectivity index (χ1v) is 4.45. The van der Waals surface area contributed by atoms with Gasteiger partial charge in [0.05, 0.1) is 0 Å². The highest BCUT2D eigenvalue weighted by Gasteiger charge is 2.53. The average molecular weight is 210 g/mol. The highest BCUT2D eigenvalue weighted by Crippen LogP contribution is 2.38. The van der Waals surface area contributed by atoms with E-state index in [0.717, 1.165) is 18.3 Å². The molecule has 0 radical (unpaired) electrons. The van der Waals surface area contributed by atoms with E-state index >= 15 is 0 Å². The first kappa shape index (κ1) is 10.5. The Bertz CT molecular complexity index is 270. The van der Waals surface area contributed by atoms with E-state index in [0.29, 0.717) is 0 Å². The Kier molecular flexibility index (Phi) is 2.63. The maximum atomic E-state index is 12.6. The molecule has 6 heteroatoms. The van der Waals surface area contributed by atoms with E-state index < -0.39 is 11.7 Å². The third kappa shape index (κ3) is 1.68. The van der Waals surface area contributed by atoms with E-state index in [1.807, 2.05) is 0 Å². The normalized spacial score (nSPS) is 17.0. The molecular formula is C7H9F3N2S. The van der Waals surface area contributed by atoms with Crippen molar-refractivity contribution in [1.82, 2.24) is 10.3 Å². The highest BCUT2D eigenvalue weighted by atomic mass is 32.1. The minimum atomic E-state index is -4.33. The van der Waals surface area contributed by atoms with E-state index in [1.54, 1.807) is 0 Å². The van der Waals surface area contributed by atoms with Gasteiger partial charge in [-0.2, -0.15) is 13.2 Å². The second-order valence-corrected chi connectivity index (χ2v) is 3.60. The van der Waals surface area contributed by atoms with Gasteiger partial charge in [-0.1, -0.05) is 0 Å². The summed E-state index contributed by atoms with van der Waals surface area (Å²) in [6.45, 7) is 1.08. The van der Waals surface area contributed by atoms with Crippen molar-refractivity contribution < 1.29 is 13.2 Å². The molecule has 1 atom stereocenters. The van der Waals surface area contributed by atoms with Gasteiger partial charge in [-0.05, 0) is 14.0 Å². The Morgan fingerprint density at radius 3 is 2.38 bits per heavy atom. The Hall–Kier alpha value is -0.620. The first-order valence-electron chi connectivity index (χ1n) is 3.57. The van der Waals surface area contributed by atoms with Crippen LogP contribution in [0, 0.1) is 0 Å². The van der Waals surface area contributed by atoms with Crippen LogP contribution in [0.1, 0.15) is 11.9 Å². The maximum Gasteiger partial charge on any atom is 0.412 e. The molecule has 0 amide bonds. The third-order valence-corrected chi connectivity index (χ3v) is 2.92. The predicted octanol–water partition coefficient (Wildman–Crippen LogP) is 2.14. The van der Waals surface area contributed by atoms with Gasteiger partial charge in [0, 0.05) is 11.6 Å². The van der Waals surface area contributed by atoms with Gasteiger partial charge < -0.3 is 5.32 Å². The molecule has 0 aliphatic carbocycles. The SMILES string of the molecule is CNC(C)(c1nccs1)C(F)(F)F. The zero-order chi connectivity index (χ0) is 10.1. The molecule has 1 rings (SSSR count). The predicted molar refractivity (Wildman–Crippen MR) is 44.6 cm³/mol. The van der Waals surface area contributed by atoms with Gasteiger partial charge in [0.15, 0.2) is 5.54 Å². The van der Waals surface area contributed by atoms with Gasteiger partial charge in [0.2, 0.25) is 0 Å². The topological polar surface area (TPSA) is 24.9 Å². The molecule has 2 nitrogen and oxygen atoms in total. The standard InChI is InChI=1S/C7H9F3N2S/c1-6(11-2,7(8,9)10)5-12-3-4-13-5/h3-4,11H,1-2H3. The number of aromatic nitrogens is 1. The summed E-state index contributed by atoms with van der Waals surface area (Å²) in [5, 5.41) is 3.80. The molecule has 1 unspecified atom stereocenters. The molecule has 0 aliphatic rings. The summed E-state index contributed by atoms with van der Waals surface area (Å²) in [6.07, 6.45) is -2.97. The van der Waals surface area contributed by atoms with Crippen molar-refractivity contribution in [3.63, 3.8) is 0 Å². The number of nitrogens with zero attached hydrogens (tertiary/aromatic N) is 1. The Morgan fingerprint density at radius 2 is 2.08 bits per heavy atom. The van der Waals surface area contributed by atoms with E-state index in [-0.39, 0.29) is 5.01 Å². The van der Waals surface area contributed by atoms with Crippen LogP contribution >= 0.6 is 11.3 Å². The summed E-state index contributed by atoms with van der Waals surface area (Å²) in [5.74, 6) is 0. The second-order valence-electron chi connectivity index (χ2n) is 2.71. The molecule has 1 aromatic rings. The van der Waals surface area contributed by atoms with Crippen LogP contribution in [-0.4, -0.2) is 18.2 Å². The third-order valence-electron chi connectivity index (χ3n) is 1.93. The fourth-order valence-corrected chi connectivity index (χ4v) is 1.67. The monoisotopic (exact) mass is 210 g/mol. The quantitative estimate of drug-likeness (QED) is 0.809. The van der Waals surface area contributed by atoms with Crippen LogP contribution in [0.5, 0.6) is 0 Å². The average Bonchev–Trinajstić information content (AvgIpc) is 2.52. The number of thiazole rings is 1. The molecule has 0 spiro atoms. The number of hydrogen-bond donors (Lipinski definition) is 1. The number of hydrogen-bond acceptors (Lipinski definition) is 3. The summed E-state index contributed by atoms with van der Waals surface area (Å²) in [5.41, 5.74) is -2.04. The molecule has 0 fully saturated rings. The molecule has 0 aliphatic heterocycles. The van der Waals surface area contributed by atoms with Crippen LogP contribution < -0.4 is 5.32 Å². The molecule has 74 valence electrons. The van der Waals surface area contributed by atoms with Crippen molar-refractivity contribution in [2.45, 2.75) is 18.6 Å². The largest absolute Gasteiger partial charge is 0.412 e. The highest BCUT2D eigenvalue weighted by molar-refractivity contribution is 7.09. The Labute approximate surface area is 77.8 Å². The van der Waals surface area contributed by atoms with E-state index in [1.165, 1.54) is 18.6 Å². The van der Waals surface area contributed by atoms with Crippen LogP contribution in [-0.2, 0) is 5.54 Å². The second kappa shape index (κ2) is 3.26. The van der Waals surface area contributed by atoms with Crippen molar-refractivity contribution in [2.75, 3.05) is 7.05 Å². The lowest BCUT2D eigenvalue weighted by Crippen LogP contribution is -2.49. The maximum absolute atomic E-state index is 12.6. The van der Waals surface area contributed by atoms with E-state index in [2.05, 4.69) is 10.3 Å². The van der Waals surface area contributed by atoms with Gasteiger partial charge in [0.1, 0.15) is 5.01 Å². The van der Waals surface area contributed by atoms with Crippen molar-refractivity contribution in [1.29, 1.82) is 0 Å². The number of halogens is 3. The number of nitrogens with one attached hydrogen (secondary N) is 1. The van der Waals surface area contributed by atoms with Gasteiger partial charge in [-0.15, -0.1) is 11.3 Å². The van der Waals surface area contributed by atoms with Crippen LogP contribution in [0.4, 0.5) is 13.2 Å². The Balaban J connectivity index is 3.09. The van der Waals surface area contributed by atoms with Crippen LogP contribution in [0.3, 0.4) is 0 Å². The van der Waals surface area contributed by atoms with E-state index in [4.69, 9.17) is 0 Å². The number of rotatable bonds is 2. The van der Waals surface area contributed by atoms with Crippen molar-refractivity contribution in [3.8, 4) is 0 Å². The molecule has 1 N–H and O–H groups in total. The van der Waals surface area contributed by atoms with Crippen molar-refractivity contribution in [2.24, 2.45) is 0 Å². The van der Waals surface area contributed by atoms with Crippen LogP contribution in [0.25, 0.3) is 0 Å². The van der Waals surface area contributed by atoms with Crippen LogP contribution in [0.15, 0.2) is 11.6 Å². The van der Waals surface area contributed by atoms with Gasteiger partial charge >= 0.3 is 6.18 Å². The summed E-state index contributed by atoms with van der Waals surface area (Å²) >= 11 is 0.988. The molecule has 13 heavy (non-hydrogen) atoms. The zero-order valence-corrected chi connectivity index (χ0v) is 7.96. The molecule has 0 saturated carbocycles. The molecule has 1 heterocycles. The number of alkyl halides is 3. The smallest absolute Gasteiger partial charge is 0.301 e. The minimum Gasteiger partial charge on any atom is -0.301 e. The van der Waals surface area contributed by atoms with Crippen LogP contribution in [0.2, 0.25) is 0 Å². The summed E-state index contributed by atoms with van der Waals surface area (Å²) in [7, 11) is 1.27. The zero-order valence-electron chi connectivity index (χ0n) is 7.14. The molecule has 1 aromatic heterocycles. The van der Waals surface area contributed by atoms with Gasteiger partial charge in [-0.25, -0.2) is 4.98 Å². The summed E-state index contributed by atoms with van der Waals surface area (Å²) in [6, 6.07) is 0. The molecule has 0 saturated heterocycles. The molecule has 0 aromatic carbocycles. The molecular weight excluding hydrogens is 201 g/mol. The van der Waals surface area contributed by atoms with Crippen molar-refractivity contribution in [3.05, 3.63) is 16.6 Å². The minimum absolute atomic E-state index is 0.0301. The summed E-state index contributed by atoms with van der Waals surface area (Å²) in [4.78, 5) is 3.66. The lowest BCUT2D eigenvalue weighted by Gasteiger charge is -2.29. The van der Waals surface area contributed by atoms with Crippen molar-refractivity contribution >= 4 is 11.3 Å². The summed E-state index contributed by atoms with van der Waals surface area (Å²) < 4.78 is 37.7. The lowest BCUT2D eigenvalue weighted by molar-refractivity contribution is -0.193.